The Labute approximate surface area is 173 Å². The quantitative estimate of drug-likeness (QED) is 0.562. The molecule has 0 aliphatic carbocycles. The van der Waals surface area contributed by atoms with Gasteiger partial charge >= 0.3 is 0 Å². The Kier molecular flexibility index (Phi) is 6.50. The van der Waals surface area contributed by atoms with Gasteiger partial charge in [0.05, 0.1) is 29.3 Å². The van der Waals surface area contributed by atoms with Gasteiger partial charge in [0, 0.05) is 17.3 Å². The summed E-state index contributed by atoms with van der Waals surface area (Å²) in [4.78, 5) is 17.0. The van der Waals surface area contributed by atoms with Gasteiger partial charge in [-0.1, -0.05) is 12.1 Å². The third kappa shape index (κ3) is 5.78. The van der Waals surface area contributed by atoms with E-state index in [1.165, 1.54) is 29.7 Å². The van der Waals surface area contributed by atoms with Gasteiger partial charge < -0.3 is 15.4 Å². The standard InChI is InChI=1S/C20H21N3O4S2/c1-3-27-18-7-5-4-6-17(18)23-19(24)12-15-13-28-20(22-15)21-14-8-10-16(11-9-14)29(2,25)26/h4-11,13H,3,12H2,1-2H3,(H,21,22)(H,23,24). The second-order valence-corrected chi connectivity index (χ2v) is 9.09. The predicted octanol–water partition coefficient (Wildman–Crippen LogP) is 3.87. The number of amides is 1. The van der Waals surface area contributed by atoms with Crippen LogP contribution in [-0.4, -0.2) is 32.2 Å². The van der Waals surface area contributed by atoms with Gasteiger partial charge in [-0.2, -0.15) is 0 Å². The molecule has 1 amide bonds. The molecule has 2 aromatic carbocycles. The van der Waals surface area contributed by atoms with Crippen LogP contribution in [0.1, 0.15) is 12.6 Å². The van der Waals surface area contributed by atoms with Gasteiger partial charge in [-0.3, -0.25) is 4.79 Å². The number of sulfone groups is 1. The van der Waals surface area contributed by atoms with Crippen molar-refractivity contribution in [3.8, 4) is 5.75 Å². The summed E-state index contributed by atoms with van der Waals surface area (Å²) in [5.41, 5.74) is 1.98. The number of nitrogens with zero attached hydrogens (tertiary/aromatic N) is 1. The minimum absolute atomic E-state index is 0.131. The van der Waals surface area contributed by atoms with Crippen LogP contribution in [0.25, 0.3) is 0 Å². The highest BCUT2D eigenvalue weighted by molar-refractivity contribution is 7.90. The number of rotatable bonds is 8. The van der Waals surface area contributed by atoms with Crippen LogP contribution in [0.5, 0.6) is 5.75 Å². The van der Waals surface area contributed by atoms with E-state index in [2.05, 4.69) is 15.6 Å². The van der Waals surface area contributed by atoms with E-state index in [-0.39, 0.29) is 17.2 Å². The van der Waals surface area contributed by atoms with Gasteiger partial charge in [-0.25, -0.2) is 13.4 Å². The lowest BCUT2D eigenvalue weighted by atomic mass is 10.2. The summed E-state index contributed by atoms with van der Waals surface area (Å²) < 4.78 is 28.6. The van der Waals surface area contributed by atoms with E-state index in [1.54, 1.807) is 29.6 Å². The molecule has 0 fully saturated rings. The first-order valence-electron chi connectivity index (χ1n) is 8.88. The van der Waals surface area contributed by atoms with Crippen LogP contribution in [0.4, 0.5) is 16.5 Å². The van der Waals surface area contributed by atoms with E-state index < -0.39 is 9.84 Å². The highest BCUT2D eigenvalue weighted by atomic mass is 32.2. The molecule has 1 heterocycles. The molecule has 0 bridgehead atoms. The van der Waals surface area contributed by atoms with Crippen molar-refractivity contribution in [2.24, 2.45) is 0 Å². The van der Waals surface area contributed by atoms with Gasteiger partial charge in [-0.15, -0.1) is 11.3 Å². The van der Waals surface area contributed by atoms with Crippen molar-refractivity contribution < 1.29 is 17.9 Å². The lowest BCUT2D eigenvalue weighted by Crippen LogP contribution is -2.15. The van der Waals surface area contributed by atoms with E-state index >= 15 is 0 Å². The number of para-hydroxylation sites is 2. The maximum atomic E-state index is 12.4. The molecule has 152 valence electrons. The monoisotopic (exact) mass is 431 g/mol. The smallest absolute Gasteiger partial charge is 0.230 e. The van der Waals surface area contributed by atoms with Crippen molar-refractivity contribution in [1.29, 1.82) is 0 Å². The average Bonchev–Trinajstić information content (AvgIpc) is 3.10. The van der Waals surface area contributed by atoms with Crippen LogP contribution in [0.3, 0.4) is 0 Å². The summed E-state index contributed by atoms with van der Waals surface area (Å²) in [5, 5.41) is 8.39. The van der Waals surface area contributed by atoms with Crippen molar-refractivity contribution in [3.63, 3.8) is 0 Å². The number of hydrogen-bond acceptors (Lipinski definition) is 7. The highest BCUT2D eigenvalue weighted by Gasteiger charge is 2.11. The molecular formula is C20H21N3O4S2. The minimum Gasteiger partial charge on any atom is -0.492 e. The zero-order chi connectivity index (χ0) is 20.9. The Hall–Kier alpha value is -2.91. The lowest BCUT2D eigenvalue weighted by Gasteiger charge is -2.10. The van der Waals surface area contributed by atoms with Crippen LogP contribution in [-0.2, 0) is 21.1 Å². The van der Waals surface area contributed by atoms with E-state index in [0.29, 0.717) is 34.6 Å². The molecule has 0 aliphatic heterocycles. The van der Waals surface area contributed by atoms with Crippen LogP contribution in [0, 0.1) is 0 Å². The van der Waals surface area contributed by atoms with Crippen LogP contribution >= 0.6 is 11.3 Å². The fraction of sp³-hybridized carbons (Fsp3) is 0.200. The van der Waals surface area contributed by atoms with E-state index in [1.807, 2.05) is 19.1 Å². The maximum absolute atomic E-state index is 12.4. The Bertz CT molecular complexity index is 1090. The number of thiazole rings is 1. The molecule has 3 aromatic rings. The molecule has 0 saturated heterocycles. The SMILES string of the molecule is CCOc1ccccc1NC(=O)Cc1csc(Nc2ccc(S(C)(=O)=O)cc2)n1. The maximum Gasteiger partial charge on any atom is 0.230 e. The van der Waals surface area contributed by atoms with Gasteiger partial charge in [0.2, 0.25) is 5.91 Å². The lowest BCUT2D eigenvalue weighted by molar-refractivity contribution is -0.115. The summed E-state index contributed by atoms with van der Waals surface area (Å²) >= 11 is 1.37. The fourth-order valence-electron chi connectivity index (χ4n) is 2.56. The summed E-state index contributed by atoms with van der Waals surface area (Å²) in [7, 11) is -3.23. The molecule has 0 unspecified atom stereocenters. The summed E-state index contributed by atoms with van der Waals surface area (Å²) in [6, 6.07) is 13.7. The molecule has 0 spiro atoms. The van der Waals surface area contributed by atoms with Crippen molar-refractivity contribution >= 4 is 43.6 Å². The molecule has 9 heteroatoms. The summed E-state index contributed by atoms with van der Waals surface area (Å²) in [5.74, 6) is 0.438. The fourth-order valence-corrected chi connectivity index (χ4v) is 3.93. The minimum atomic E-state index is -3.23. The largest absolute Gasteiger partial charge is 0.492 e. The number of nitrogens with one attached hydrogen (secondary N) is 2. The van der Waals surface area contributed by atoms with Crippen molar-refractivity contribution in [1.82, 2.24) is 4.98 Å². The molecule has 0 atom stereocenters. The Morgan fingerprint density at radius 2 is 1.86 bits per heavy atom. The van der Waals surface area contributed by atoms with Crippen LogP contribution in [0.15, 0.2) is 58.8 Å². The average molecular weight is 432 g/mol. The number of aromatic nitrogens is 1. The summed E-state index contributed by atoms with van der Waals surface area (Å²) in [6.07, 6.45) is 1.30. The first kappa shape index (κ1) is 20.8. The van der Waals surface area contributed by atoms with Gasteiger partial charge in [-0.05, 0) is 43.3 Å². The molecule has 3 rings (SSSR count). The zero-order valence-electron chi connectivity index (χ0n) is 16.0. The molecular weight excluding hydrogens is 410 g/mol. The van der Waals surface area contributed by atoms with Crippen LogP contribution in [0.2, 0.25) is 0 Å². The van der Waals surface area contributed by atoms with Crippen molar-refractivity contribution in [2.45, 2.75) is 18.2 Å². The van der Waals surface area contributed by atoms with E-state index in [4.69, 9.17) is 4.74 Å². The van der Waals surface area contributed by atoms with Crippen molar-refractivity contribution in [3.05, 3.63) is 59.6 Å². The highest BCUT2D eigenvalue weighted by Crippen LogP contribution is 2.25. The van der Waals surface area contributed by atoms with Crippen LogP contribution < -0.4 is 15.4 Å². The third-order valence-corrected chi connectivity index (χ3v) is 5.82. The Morgan fingerprint density at radius 1 is 1.14 bits per heavy atom. The third-order valence-electron chi connectivity index (χ3n) is 3.89. The predicted molar refractivity (Wildman–Crippen MR) is 115 cm³/mol. The molecule has 0 aliphatic rings. The first-order valence-corrected chi connectivity index (χ1v) is 11.7. The number of ether oxygens (including phenoxy) is 1. The molecule has 0 radical (unpaired) electrons. The Morgan fingerprint density at radius 3 is 2.55 bits per heavy atom. The number of carbonyl (C=O) groups excluding carboxylic acids is 1. The molecule has 0 saturated carbocycles. The van der Waals surface area contributed by atoms with E-state index in [9.17, 15) is 13.2 Å². The first-order chi connectivity index (χ1) is 13.8. The number of anilines is 3. The van der Waals surface area contributed by atoms with E-state index in [0.717, 1.165) is 0 Å². The van der Waals surface area contributed by atoms with Gasteiger partial charge in [0.1, 0.15) is 5.75 Å². The zero-order valence-corrected chi connectivity index (χ0v) is 17.6. The second kappa shape index (κ2) is 9.06. The van der Waals surface area contributed by atoms with Crippen molar-refractivity contribution in [2.75, 3.05) is 23.5 Å². The van der Waals surface area contributed by atoms with Gasteiger partial charge in [0.15, 0.2) is 15.0 Å². The number of benzene rings is 2. The topological polar surface area (TPSA) is 97.4 Å². The second-order valence-electron chi connectivity index (χ2n) is 6.22. The number of hydrogen-bond donors (Lipinski definition) is 2. The molecule has 29 heavy (non-hydrogen) atoms. The van der Waals surface area contributed by atoms with Gasteiger partial charge in [0.25, 0.3) is 0 Å². The Balaban J connectivity index is 1.61. The summed E-state index contributed by atoms with van der Waals surface area (Å²) in [6.45, 7) is 2.40. The molecule has 2 N–H and O–H groups in total. The number of carbonyl (C=O) groups is 1. The molecule has 1 aromatic heterocycles. The normalized spacial score (nSPS) is 11.1. The molecule has 7 nitrogen and oxygen atoms in total.